The van der Waals surface area contributed by atoms with Crippen LogP contribution < -0.4 is 5.32 Å². The lowest BCUT2D eigenvalue weighted by Crippen LogP contribution is -2.60. The molecule has 0 aromatic carbocycles. The van der Waals surface area contributed by atoms with Crippen molar-refractivity contribution in [1.82, 2.24) is 5.32 Å². The number of carbonyl (C=O) groups is 1. The predicted octanol–water partition coefficient (Wildman–Crippen LogP) is 1.11. The van der Waals surface area contributed by atoms with Crippen molar-refractivity contribution in [3.8, 4) is 131 Å². The van der Waals surface area contributed by atoms with Gasteiger partial charge in [-0.05, 0) is 102 Å². The molecule has 10 nitrogen and oxygen atoms in total. The maximum atomic E-state index is 12.2. The summed E-state index contributed by atoms with van der Waals surface area (Å²) in [4.78, 5) is 12.2. The Bertz CT molecular complexity index is 1780. The molecule has 0 aliphatic carbocycles. The lowest BCUT2D eigenvalue weighted by atomic mass is 9.99. The topological polar surface area (TPSA) is 169 Å². The van der Waals surface area contributed by atoms with Crippen LogP contribution in [0.5, 0.6) is 0 Å². The highest BCUT2D eigenvalue weighted by Gasteiger charge is 2.44. The van der Waals surface area contributed by atoms with Crippen LogP contribution in [-0.2, 0) is 14.3 Å². The second kappa shape index (κ2) is 22.0. The Morgan fingerprint density at radius 1 is 0.773 bits per heavy atom. The minimum Gasteiger partial charge on any atom is -0.394 e. The van der Waals surface area contributed by atoms with Gasteiger partial charge < -0.3 is 45.4 Å². The normalized spacial score (nSPS) is 20.4. The number of ether oxygens (including phenoxy) is 2. The molecule has 0 saturated carbocycles. The Morgan fingerprint density at radius 3 is 1.61 bits per heavy atom. The Labute approximate surface area is 288 Å². The molecule has 8 atom stereocenters. The van der Waals surface area contributed by atoms with Gasteiger partial charge in [-0.3, -0.25) is 4.79 Å². The molecular weight excluding hydrogens is 566 g/mol. The second-order valence-electron chi connectivity index (χ2n) is 7.99. The lowest BCUT2D eigenvalue weighted by Gasteiger charge is -2.40. The van der Waals surface area contributed by atoms with E-state index in [1.807, 2.05) is 0 Å². The molecule has 0 aromatic rings. The summed E-state index contributed by atoms with van der Waals surface area (Å²) in [5.74, 6) is 49.0. The maximum absolute atomic E-state index is 12.2. The van der Waals surface area contributed by atoms with Gasteiger partial charge in [-0.25, -0.2) is 0 Å². The summed E-state index contributed by atoms with van der Waals surface area (Å²) in [5.41, 5.74) is 0. The Morgan fingerprint density at radius 2 is 1.20 bits per heavy atom. The van der Waals surface area contributed by atoms with Gasteiger partial charge in [0.25, 0.3) is 5.91 Å². The van der Waals surface area contributed by atoms with Crippen LogP contribution in [0.25, 0.3) is 0 Å². The molecule has 0 aromatic heterocycles. The van der Waals surface area contributed by atoms with Crippen molar-refractivity contribution in [2.24, 2.45) is 0 Å². The van der Waals surface area contributed by atoms with Gasteiger partial charge in [-0.15, -0.1) is 6.42 Å². The third kappa shape index (κ3) is 14.8. The molecule has 1 aliphatic heterocycles. The highest BCUT2D eigenvalue weighted by molar-refractivity contribution is 5.94. The first-order chi connectivity index (χ1) is 21.2. The van der Waals surface area contributed by atoms with Crippen LogP contribution in [-0.4, -0.2) is 98.7 Å². The van der Waals surface area contributed by atoms with E-state index in [4.69, 9.17) is 15.9 Å². The number of terminal acetylenes is 1. The maximum Gasteiger partial charge on any atom is 0.297 e. The van der Waals surface area contributed by atoms with Gasteiger partial charge in [-0.2, -0.15) is 0 Å². The van der Waals surface area contributed by atoms with E-state index in [2.05, 4.69) is 130 Å². The zero-order chi connectivity index (χ0) is 32.6. The van der Waals surface area contributed by atoms with E-state index >= 15 is 0 Å². The first-order valence-corrected chi connectivity index (χ1v) is 12.3. The molecule has 1 aliphatic rings. The van der Waals surface area contributed by atoms with E-state index in [1.54, 1.807) is 0 Å². The largest absolute Gasteiger partial charge is 0.394 e. The van der Waals surface area contributed by atoms with Gasteiger partial charge in [0, 0.05) is 61.0 Å². The molecule has 1 fully saturated rings. The van der Waals surface area contributed by atoms with Crippen LogP contribution in [0.4, 0.5) is 0 Å². The monoisotopic (exact) mass is 633 g/mol. The highest BCUT2D eigenvalue weighted by Crippen LogP contribution is 2.22. The fourth-order valence-corrected chi connectivity index (χ4v) is 2.83. The molecule has 10 heteroatoms. The zero-order valence-corrected chi connectivity index (χ0v) is 23.0. The number of hydrogen-bond donors (Lipinski definition) is 7. The van der Waals surface area contributed by atoms with Crippen molar-refractivity contribution in [2.75, 3.05) is 13.2 Å². The molecule has 1 amide bonds. The third-order valence-electron chi connectivity index (χ3n) is 4.88. The van der Waals surface area contributed by atoms with Crippen LogP contribution in [0.2, 0.25) is 0 Å². The van der Waals surface area contributed by atoms with Crippen LogP contribution in [0.15, 0.2) is 0 Å². The molecule has 1 saturated heterocycles. The summed E-state index contributed by atoms with van der Waals surface area (Å²) >= 11 is 0. The van der Waals surface area contributed by atoms with Crippen LogP contribution >= 0.6 is 0 Å². The van der Waals surface area contributed by atoms with E-state index in [0.717, 1.165) is 0 Å². The standard InChI is InChI=1S/C34H23NO9.22H2/c1-3-4-5-6-7-8-9-10-11-12-13-14-15-16-17-18-19-20-21-22-23-29(38)35-27(30(39)26(2)37)25-43-34-33(42)32(41)31(40)28(24-36)44-34;;;;;;;;;;;;;;;;;;;;;;/h1,26-28,30-34,36-37,39-42H,24-25H2,2H3,(H,35,38);22*1H/t26-,27+,28?,30-,31?,32?,33?,34?;;;;;;;;;;;;;;;;;;;;;;/m1....................../s1. The van der Waals surface area contributed by atoms with Crippen LogP contribution in [0.1, 0.15) is 38.3 Å². The van der Waals surface area contributed by atoms with Gasteiger partial charge in [-0.1, -0.05) is 0 Å². The van der Waals surface area contributed by atoms with E-state index in [0.29, 0.717) is 0 Å². The van der Waals surface area contributed by atoms with Crippen molar-refractivity contribution in [2.45, 2.75) is 55.9 Å². The van der Waals surface area contributed by atoms with Crippen molar-refractivity contribution < 1.29 is 76.3 Å². The molecule has 44 heavy (non-hydrogen) atoms. The smallest absolute Gasteiger partial charge is 0.297 e. The molecule has 0 spiro atoms. The number of rotatable bonds is 7. The van der Waals surface area contributed by atoms with Gasteiger partial charge in [0.05, 0.1) is 25.4 Å². The third-order valence-corrected chi connectivity index (χ3v) is 4.88. The molecule has 7 N–H and O–H groups in total. The molecule has 0 bridgehead atoms. The number of amides is 1. The summed E-state index contributed by atoms with van der Waals surface area (Å²) < 4.78 is 10.6. The first-order valence-electron chi connectivity index (χ1n) is 12.3. The number of carbonyl (C=O) groups excluding carboxylic acids is 1. The number of aliphatic hydroxyl groups excluding tert-OH is 6. The molecule has 262 valence electrons. The molecule has 1 rings (SSSR count). The molecule has 1 heterocycles. The van der Waals surface area contributed by atoms with E-state index in [-0.39, 0.29) is 31.4 Å². The predicted molar refractivity (Wildman–Crippen MR) is 202 cm³/mol. The average molecular weight is 634 g/mol. The Kier molecular flexibility index (Phi) is 18.1. The molecular formula is C34H67NO9. The fraction of sp³-hybridized carbons (Fsp3) is 0.324. The second-order valence-corrected chi connectivity index (χ2v) is 7.99. The van der Waals surface area contributed by atoms with Crippen molar-refractivity contribution in [3.63, 3.8) is 0 Å². The van der Waals surface area contributed by atoms with Gasteiger partial charge >= 0.3 is 0 Å². The quantitative estimate of drug-likeness (QED) is 0.203. The SMILES string of the molecule is C#CC#CC#CC#CC#CC#CC#CC#CC#CC#CC#CC(=O)N[C@@H](COC1OC(CO)C(O)C(O)C1O)[C@H](O)[C@@H](C)O.[HH].[HH].[HH].[HH].[HH].[HH].[HH].[HH].[HH].[HH].[HH].[HH].[HH].[HH].[HH].[HH].[HH].[HH].[HH].[HH].[HH].[HH]. The van der Waals surface area contributed by atoms with Gasteiger partial charge in [0.2, 0.25) is 0 Å². The Balaban J connectivity index is -0.0000000440. The minimum absolute atomic E-state index is 0. The average Bonchev–Trinajstić information content (AvgIpc) is 3.01. The van der Waals surface area contributed by atoms with Gasteiger partial charge in [0.1, 0.15) is 30.5 Å². The van der Waals surface area contributed by atoms with Gasteiger partial charge in [0.15, 0.2) is 6.29 Å². The minimum atomic E-state index is -1.70. The first kappa shape index (κ1) is 36.3. The number of hydrogen-bond acceptors (Lipinski definition) is 9. The zero-order valence-electron chi connectivity index (χ0n) is 23.0. The highest BCUT2D eigenvalue weighted by atomic mass is 16.7. The summed E-state index contributed by atoms with van der Waals surface area (Å²) in [6.45, 7) is 0.0899. The molecule has 5 unspecified atom stereocenters. The number of aliphatic hydroxyl groups is 6. The molecule has 0 radical (unpaired) electrons. The number of nitrogens with one attached hydrogen (secondary N) is 1. The summed E-state index contributed by atoms with van der Waals surface area (Å²) in [7, 11) is 0. The van der Waals surface area contributed by atoms with Crippen molar-refractivity contribution >= 4 is 5.91 Å². The summed E-state index contributed by atoms with van der Waals surface area (Å²) in [6.07, 6.45) is -5.59. The van der Waals surface area contributed by atoms with E-state index in [1.165, 1.54) is 6.92 Å². The lowest BCUT2D eigenvalue weighted by molar-refractivity contribution is -0.303. The summed E-state index contributed by atoms with van der Waals surface area (Å²) in [5, 5.41) is 61.3. The summed E-state index contributed by atoms with van der Waals surface area (Å²) in [6, 6.07) is -1.23. The van der Waals surface area contributed by atoms with Crippen LogP contribution in [0.3, 0.4) is 0 Å². The van der Waals surface area contributed by atoms with E-state index in [9.17, 15) is 35.4 Å². The van der Waals surface area contributed by atoms with E-state index < -0.39 is 68.1 Å². The Hall–Kier alpha value is -5.69. The van der Waals surface area contributed by atoms with Crippen molar-refractivity contribution in [1.29, 1.82) is 0 Å². The van der Waals surface area contributed by atoms with Crippen LogP contribution in [0, 0.1) is 131 Å². The fourth-order valence-electron chi connectivity index (χ4n) is 2.83. The van der Waals surface area contributed by atoms with Crippen molar-refractivity contribution in [3.05, 3.63) is 0 Å².